The zero-order valence-corrected chi connectivity index (χ0v) is 15.7. The first-order chi connectivity index (χ1) is 13.1. The van der Waals surface area contributed by atoms with Gasteiger partial charge in [0.2, 0.25) is 0 Å². The molecule has 2 N–H and O–H groups in total. The Morgan fingerprint density at radius 2 is 1.85 bits per heavy atom. The van der Waals surface area contributed by atoms with Gasteiger partial charge >= 0.3 is 0 Å². The maximum atomic E-state index is 14.4. The van der Waals surface area contributed by atoms with Gasteiger partial charge in [-0.15, -0.1) is 0 Å². The lowest BCUT2D eigenvalue weighted by Gasteiger charge is -2.29. The van der Waals surface area contributed by atoms with Crippen molar-refractivity contribution in [3.63, 3.8) is 0 Å². The summed E-state index contributed by atoms with van der Waals surface area (Å²) >= 11 is 5.11. The number of benzene rings is 2. The molecule has 5 nitrogen and oxygen atoms in total. The van der Waals surface area contributed by atoms with Crippen molar-refractivity contribution >= 4 is 34.6 Å². The standard InChI is InChI=1S/C20H22FN3O2S/c21-17-13-15(9-10-18(17)24-11-5-2-6-12-24)22-20(27)23-19(25)14-26-16-7-3-1-4-8-16/h1,3-4,7-10,13H,2,5-6,11-12,14H2,(H2,22,23,25,27). The fourth-order valence-electron chi connectivity index (χ4n) is 2.97. The number of carbonyl (C=O) groups excluding carboxylic acids is 1. The van der Waals surface area contributed by atoms with E-state index in [1.807, 2.05) is 18.2 Å². The molecular formula is C20H22FN3O2S. The van der Waals surface area contributed by atoms with Gasteiger partial charge in [0.05, 0.1) is 5.69 Å². The highest BCUT2D eigenvalue weighted by Gasteiger charge is 2.15. The fourth-order valence-corrected chi connectivity index (χ4v) is 3.20. The number of halogens is 1. The Morgan fingerprint density at radius 1 is 1.11 bits per heavy atom. The second kappa shape index (κ2) is 9.32. The number of para-hydroxylation sites is 1. The Hall–Kier alpha value is -2.67. The predicted molar refractivity (Wildman–Crippen MR) is 109 cm³/mol. The third-order valence-electron chi connectivity index (χ3n) is 4.27. The van der Waals surface area contributed by atoms with Gasteiger partial charge in [-0.3, -0.25) is 10.1 Å². The van der Waals surface area contributed by atoms with Gasteiger partial charge in [0.25, 0.3) is 5.91 Å². The van der Waals surface area contributed by atoms with E-state index in [2.05, 4.69) is 15.5 Å². The highest BCUT2D eigenvalue weighted by Crippen LogP contribution is 2.25. The van der Waals surface area contributed by atoms with Crippen molar-refractivity contribution in [2.45, 2.75) is 19.3 Å². The monoisotopic (exact) mass is 387 g/mol. The molecule has 0 saturated carbocycles. The van der Waals surface area contributed by atoms with Gasteiger partial charge in [-0.1, -0.05) is 18.2 Å². The smallest absolute Gasteiger partial charge is 0.264 e. The largest absolute Gasteiger partial charge is 0.484 e. The Kier molecular flexibility index (Phi) is 6.59. The molecule has 2 aromatic carbocycles. The molecule has 7 heteroatoms. The van der Waals surface area contributed by atoms with Gasteiger partial charge in [0.15, 0.2) is 11.7 Å². The number of hydrogen-bond donors (Lipinski definition) is 2. The van der Waals surface area contributed by atoms with E-state index in [9.17, 15) is 9.18 Å². The van der Waals surface area contributed by atoms with Crippen molar-refractivity contribution in [2.75, 3.05) is 29.9 Å². The van der Waals surface area contributed by atoms with E-state index >= 15 is 0 Å². The van der Waals surface area contributed by atoms with Crippen LogP contribution in [0.3, 0.4) is 0 Å². The Labute approximate surface area is 163 Å². The number of rotatable bonds is 5. The van der Waals surface area contributed by atoms with Crippen molar-refractivity contribution in [2.24, 2.45) is 0 Å². The SMILES string of the molecule is O=C(COc1ccccc1)NC(=S)Nc1ccc(N2CCCCC2)c(F)c1. The van der Waals surface area contributed by atoms with E-state index in [1.54, 1.807) is 24.3 Å². The molecule has 1 fully saturated rings. The molecule has 0 aromatic heterocycles. The number of amides is 1. The van der Waals surface area contributed by atoms with Crippen LogP contribution in [0.1, 0.15) is 19.3 Å². The summed E-state index contributed by atoms with van der Waals surface area (Å²) in [6.07, 6.45) is 3.36. The number of carbonyl (C=O) groups is 1. The zero-order chi connectivity index (χ0) is 19.1. The van der Waals surface area contributed by atoms with Crippen LogP contribution in [0.5, 0.6) is 5.75 Å². The average Bonchev–Trinajstić information content (AvgIpc) is 2.68. The normalized spacial score (nSPS) is 13.7. The molecule has 0 bridgehead atoms. The molecular weight excluding hydrogens is 365 g/mol. The van der Waals surface area contributed by atoms with E-state index in [0.717, 1.165) is 25.9 Å². The van der Waals surface area contributed by atoms with E-state index in [0.29, 0.717) is 17.1 Å². The molecule has 1 aliphatic heterocycles. The molecule has 1 heterocycles. The van der Waals surface area contributed by atoms with Crippen molar-refractivity contribution in [1.29, 1.82) is 0 Å². The lowest BCUT2D eigenvalue weighted by atomic mass is 10.1. The fraction of sp³-hybridized carbons (Fsp3) is 0.300. The van der Waals surface area contributed by atoms with E-state index in [1.165, 1.54) is 12.5 Å². The van der Waals surface area contributed by atoms with Crippen LogP contribution in [0.15, 0.2) is 48.5 Å². The minimum atomic E-state index is -0.387. The van der Waals surface area contributed by atoms with Gasteiger partial charge in [0, 0.05) is 18.8 Å². The lowest BCUT2D eigenvalue weighted by Crippen LogP contribution is -2.37. The molecule has 1 aliphatic rings. The molecule has 3 rings (SSSR count). The molecule has 2 aromatic rings. The molecule has 142 valence electrons. The second-order valence-corrected chi connectivity index (χ2v) is 6.73. The van der Waals surface area contributed by atoms with Crippen molar-refractivity contribution in [3.05, 3.63) is 54.3 Å². The van der Waals surface area contributed by atoms with Crippen molar-refractivity contribution in [3.8, 4) is 5.75 Å². The van der Waals surface area contributed by atoms with Crippen LogP contribution >= 0.6 is 12.2 Å². The van der Waals surface area contributed by atoms with E-state index in [4.69, 9.17) is 17.0 Å². The summed E-state index contributed by atoms with van der Waals surface area (Å²) in [7, 11) is 0. The number of anilines is 2. The quantitative estimate of drug-likeness (QED) is 0.766. The summed E-state index contributed by atoms with van der Waals surface area (Å²) in [6.45, 7) is 1.59. The predicted octanol–water partition coefficient (Wildman–Crippen LogP) is 3.71. The van der Waals surface area contributed by atoms with Gasteiger partial charge in [-0.05, 0) is 61.8 Å². The summed E-state index contributed by atoms with van der Waals surface area (Å²) in [4.78, 5) is 14.0. The van der Waals surface area contributed by atoms with Gasteiger partial charge in [-0.25, -0.2) is 4.39 Å². The van der Waals surface area contributed by atoms with Crippen LogP contribution in [0.25, 0.3) is 0 Å². The first kappa shape index (κ1) is 19.1. The minimum Gasteiger partial charge on any atom is -0.484 e. The zero-order valence-electron chi connectivity index (χ0n) is 14.9. The maximum Gasteiger partial charge on any atom is 0.264 e. The molecule has 0 radical (unpaired) electrons. The van der Waals surface area contributed by atoms with Gasteiger partial charge < -0.3 is 15.0 Å². The number of piperidine rings is 1. The second-order valence-electron chi connectivity index (χ2n) is 6.32. The third kappa shape index (κ3) is 5.65. The first-order valence-corrected chi connectivity index (χ1v) is 9.36. The first-order valence-electron chi connectivity index (χ1n) is 8.95. The summed E-state index contributed by atoms with van der Waals surface area (Å²) in [5.74, 6) is -0.0906. The number of thiocarbonyl (C=S) groups is 1. The summed E-state index contributed by atoms with van der Waals surface area (Å²) in [5.41, 5.74) is 1.09. The summed E-state index contributed by atoms with van der Waals surface area (Å²) in [5, 5.41) is 5.45. The van der Waals surface area contributed by atoms with Crippen LogP contribution in [-0.4, -0.2) is 30.7 Å². The molecule has 0 atom stereocenters. The highest BCUT2D eigenvalue weighted by atomic mass is 32.1. The van der Waals surface area contributed by atoms with Crippen LogP contribution in [0.2, 0.25) is 0 Å². The third-order valence-corrected chi connectivity index (χ3v) is 4.47. The topological polar surface area (TPSA) is 53.6 Å². The average molecular weight is 387 g/mol. The highest BCUT2D eigenvalue weighted by molar-refractivity contribution is 7.80. The molecule has 1 saturated heterocycles. The Bertz CT molecular complexity index is 795. The van der Waals surface area contributed by atoms with Gasteiger partial charge in [0.1, 0.15) is 11.6 Å². The number of hydrogen-bond acceptors (Lipinski definition) is 4. The number of nitrogens with one attached hydrogen (secondary N) is 2. The van der Waals surface area contributed by atoms with Gasteiger partial charge in [-0.2, -0.15) is 0 Å². The molecule has 1 amide bonds. The maximum absolute atomic E-state index is 14.4. The van der Waals surface area contributed by atoms with Crippen LogP contribution in [0.4, 0.5) is 15.8 Å². The van der Waals surface area contributed by atoms with Crippen LogP contribution in [-0.2, 0) is 4.79 Å². The Balaban J connectivity index is 1.50. The lowest BCUT2D eigenvalue weighted by molar-refractivity contribution is -0.121. The molecule has 0 aliphatic carbocycles. The van der Waals surface area contributed by atoms with E-state index in [-0.39, 0.29) is 23.4 Å². The summed E-state index contributed by atoms with van der Waals surface area (Å²) in [6, 6.07) is 13.9. The number of ether oxygens (including phenoxy) is 1. The summed E-state index contributed by atoms with van der Waals surface area (Å²) < 4.78 is 19.8. The molecule has 0 spiro atoms. The van der Waals surface area contributed by atoms with Crippen LogP contribution in [0, 0.1) is 5.82 Å². The number of nitrogens with zero attached hydrogens (tertiary/aromatic N) is 1. The van der Waals surface area contributed by atoms with Crippen LogP contribution < -0.4 is 20.3 Å². The molecule has 27 heavy (non-hydrogen) atoms. The minimum absolute atomic E-state index is 0.0989. The van der Waals surface area contributed by atoms with Crippen molar-refractivity contribution in [1.82, 2.24) is 5.32 Å². The van der Waals surface area contributed by atoms with Crippen molar-refractivity contribution < 1.29 is 13.9 Å². The van der Waals surface area contributed by atoms with E-state index < -0.39 is 0 Å². The Morgan fingerprint density at radius 3 is 2.56 bits per heavy atom. The molecule has 0 unspecified atom stereocenters.